The molecule has 6 atom stereocenters. The van der Waals surface area contributed by atoms with Crippen molar-refractivity contribution in [1.29, 1.82) is 0 Å². The molecule has 0 aliphatic heterocycles. The molecule has 6 unspecified atom stereocenters. The molecule has 0 radical (unpaired) electrons. The van der Waals surface area contributed by atoms with E-state index in [1.54, 1.807) is 0 Å². The van der Waals surface area contributed by atoms with Gasteiger partial charge < -0.3 is 39.9 Å². The van der Waals surface area contributed by atoms with Crippen molar-refractivity contribution in [3.05, 3.63) is 109 Å². The summed E-state index contributed by atoms with van der Waals surface area (Å²) in [6.45, 7) is 4.06. The first-order chi connectivity index (χ1) is 34.0. The van der Waals surface area contributed by atoms with Gasteiger partial charge in [0, 0.05) is 13.0 Å². The van der Waals surface area contributed by atoms with Crippen molar-refractivity contribution < 1.29 is 58.3 Å². The SMILES string of the molecule is CC/C=C\C/C=C\C/C=C\C/C=C\C/C=C\C/C=C\CCCCCCC(=O)OC(COCCCCCCCCC/C=C\C/C=C\C/C=C\CCCCC)COP(=O)(O)OC1C(O)C(O)C(O)C(O)C1O. The number of hydrogen-bond donors (Lipinski definition) is 6. The number of ether oxygens (including phenoxy) is 2. The molecule has 1 rings (SSSR count). The average molecular weight is 1000 g/mol. The highest BCUT2D eigenvalue weighted by molar-refractivity contribution is 7.47. The van der Waals surface area contributed by atoms with E-state index in [1.165, 1.54) is 44.9 Å². The van der Waals surface area contributed by atoms with Crippen LogP contribution in [0.5, 0.6) is 0 Å². The van der Waals surface area contributed by atoms with Gasteiger partial charge in [-0.2, -0.15) is 0 Å². The number of carbonyl (C=O) groups is 1. The third-order valence-electron chi connectivity index (χ3n) is 11.6. The third-order valence-corrected chi connectivity index (χ3v) is 12.6. The Morgan fingerprint density at radius 1 is 0.471 bits per heavy atom. The molecular weight excluding hydrogens is 908 g/mol. The van der Waals surface area contributed by atoms with Gasteiger partial charge in [0.15, 0.2) is 0 Å². The normalized spacial score (nSPS) is 21.8. The van der Waals surface area contributed by atoms with Crippen LogP contribution in [0, 0.1) is 0 Å². The van der Waals surface area contributed by atoms with Crippen LogP contribution in [0.2, 0.25) is 0 Å². The largest absolute Gasteiger partial charge is 0.472 e. The lowest BCUT2D eigenvalue weighted by molar-refractivity contribution is -0.220. The van der Waals surface area contributed by atoms with Crippen LogP contribution in [-0.4, -0.2) is 98.9 Å². The Labute approximate surface area is 423 Å². The maximum Gasteiger partial charge on any atom is 0.472 e. The number of aliphatic hydroxyl groups excluding tert-OH is 5. The van der Waals surface area contributed by atoms with Crippen molar-refractivity contribution in [2.75, 3.05) is 19.8 Å². The van der Waals surface area contributed by atoms with Crippen LogP contribution in [0.25, 0.3) is 0 Å². The lowest BCUT2D eigenvalue weighted by atomic mass is 9.85. The highest BCUT2D eigenvalue weighted by atomic mass is 31.2. The van der Waals surface area contributed by atoms with Gasteiger partial charge in [-0.25, -0.2) is 4.57 Å². The van der Waals surface area contributed by atoms with Crippen molar-refractivity contribution in [2.45, 2.75) is 224 Å². The van der Waals surface area contributed by atoms with Gasteiger partial charge in [-0.05, 0) is 103 Å². The summed E-state index contributed by atoms with van der Waals surface area (Å²) in [5.74, 6) is -0.509. The fraction of sp³-hybridized carbons (Fsp3) is 0.667. The summed E-state index contributed by atoms with van der Waals surface area (Å²) in [6, 6.07) is 0. The van der Waals surface area contributed by atoms with Gasteiger partial charge in [0.05, 0.1) is 13.2 Å². The predicted octanol–water partition coefficient (Wildman–Crippen LogP) is 12.4. The highest BCUT2D eigenvalue weighted by Crippen LogP contribution is 2.47. The average Bonchev–Trinajstić information content (AvgIpc) is 3.35. The molecule has 1 fully saturated rings. The predicted molar refractivity (Wildman–Crippen MR) is 285 cm³/mol. The summed E-state index contributed by atoms with van der Waals surface area (Å²) >= 11 is 0. The van der Waals surface area contributed by atoms with E-state index in [-0.39, 0.29) is 13.0 Å². The van der Waals surface area contributed by atoms with Crippen LogP contribution in [-0.2, 0) is 27.9 Å². The van der Waals surface area contributed by atoms with Crippen molar-refractivity contribution >= 4 is 13.8 Å². The first kappa shape index (κ1) is 65.0. The Hall–Kier alpha value is -3.00. The van der Waals surface area contributed by atoms with Crippen LogP contribution >= 0.6 is 7.82 Å². The number of phosphoric ester groups is 1. The molecule has 0 heterocycles. The summed E-state index contributed by atoms with van der Waals surface area (Å²) in [5.41, 5.74) is 0. The molecule has 6 N–H and O–H groups in total. The zero-order chi connectivity index (χ0) is 51.2. The molecule has 1 saturated carbocycles. The minimum absolute atomic E-state index is 0.102. The van der Waals surface area contributed by atoms with E-state index in [0.29, 0.717) is 13.0 Å². The minimum Gasteiger partial charge on any atom is -0.457 e. The van der Waals surface area contributed by atoms with Gasteiger partial charge >= 0.3 is 13.8 Å². The van der Waals surface area contributed by atoms with E-state index in [1.807, 2.05) is 0 Å². The van der Waals surface area contributed by atoms with E-state index in [2.05, 4.69) is 123 Å². The number of unbranched alkanes of at least 4 members (excludes halogenated alkanes) is 14. The Balaban J connectivity index is 2.38. The maximum atomic E-state index is 12.9. The number of rotatable bonds is 44. The van der Waals surface area contributed by atoms with Crippen molar-refractivity contribution in [2.24, 2.45) is 0 Å². The zero-order valence-corrected chi connectivity index (χ0v) is 43.9. The number of phosphoric acid groups is 1. The molecule has 0 aromatic heterocycles. The molecule has 0 aromatic rings. The molecule has 0 amide bonds. The topological polar surface area (TPSA) is 192 Å². The van der Waals surface area contributed by atoms with Crippen LogP contribution in [0.1, 0.15) is 181 Å². The van der Waals surface area contributed by atoms with E-state index in [4.69, 9.17) is 18.5 Å². The summed E-state index contributed by atoms with van der Waals surface area (Å²) in [4.78, 5) is 23.3. The Morgan fingerprint density at radius 3 is 1.29 bits per heavy atom. The third kappa shape index (κ3) is 36.8. The monoisotopic (exact) mass is 1000 g/mol. The van der Waals surface area contributed by atoms with Gasteiger partial charge in [-0.1, -0.05) is 181 Å². The van der Waals surface area contributed by atoms with Crippen molar-refractivity contribution in [3.63, 3.8) is 0 Å². The van der Waals surface area contributed by atoms with Gasteiger partial charge in [-0.3, -0.25) is 13.8 Å². The van der Waals surface area contributed by atoms with E-state index >= 15 is 0 Å². The maximum absolute atomic E-state index is 12.9. The molecule has 1 aliphatic rings. The smallest absolute Gasteiger partial charge is 0.457 e. The fourth-order valence-electron chi connectivity index (χ4n) is 7.42. The summed E-state index contributed by atoms with van der Waals surface area (Å²) < 4.78 is 34.3. The molecule has 0 spiro atoms. The Bertz CT molecular complexity index is 1570. The molecule has 0 bridgehead atoms. The molecule has 70 heavy (non-hydrogen) atoms. The van der Waals surface area contributed by atoms with Gasteiger partial charge in [0.1, 0.15) is 42.7 Å². The molecule has 1 aliphatic carbocycles. The van der Waals surface area contributed by atoms with Crippen LogP contribution in [0.15, 0.2) is 109 Å². The van der Waals surface area contributed by atoms with Crippen LogP contribution in [0.4, 0.5) is 0 Å². The standard InChI is InChI=1S/C57H95O12P/c1-3-5-7-9-11-13-15-17-19-21-23-25-26-27-28-30-32-34-36-38-40-42-44-46-51(58)68-50(49-67-70(64,65)69-57-55(62)53(60)52(59)54(61)56(57)63)48-66-47-45-43-41-39-37-35-33-31-29-24-22-20-18-16-14-12-10-8-6-4-2/h5,7,11-14,17-20,23-25,27-29,32,34,50,52-57,59-63H,3-4,6,8-10,15-16,21-22,26,30-31,33,35-49H2,1-2H3,(H,64,65)/b7-5-,13-11-,14-12-,19-17-,20-18-,25-23-,28-27-,29-24-,34-32-. The summed E-state index contributed by atoms with van der Waals surface area (Å²) in [7, 11) is -5.04. The number of hydrogen-bond acceptors (Lipinski definition) is 11. The summed E-state index contributed by atoms with van der Waals surface area (Å²) in [6.07, 6.45) is 52.8. The molecule has 12 nitrogen and oxygen atoms in total. The Morgan fingerprint density at radius 2 is 0.843 bits per heavy atom. The molecule has 400 valence electrons. The fourth-order valence-corrected chi connectivity index (χ4v) is 8.40. The van der Waals surface area contributed by atoms with E-state index < -0.39 is 63.1 Å². The second-order valence-corrected chi connectivity index (χ2v) is 19.4. The van der Waals surface area contributed by atoms with Gasteiger partial charge in [0.2, 0.25) is 0 Å². The summed E-state index contributed by atoms with van der Waals surface area (Å²) in [5, 5.41) is 50.4. The number of aliphatic hydroxyl groups is 5. The Kier molecular flexibility index (Phi) is 42.6. The lowest BCUT2D eigenvalue weighted by Crippen LogP contribution is -2.64. The quantitative estimate of drug-likeness (QED) is 0.0147. The van der Waals surface area contributed by atoms with Crippen LogP contribution < -0.4 is 0 Å². The number of esters is 1. The first-order valence-electron chi connectivity index (χ1n) is 26.7. The van der Waals surface area contributed by atoms with Crippen molar-refractivity contribution in [3.8, 4) is 0 Å². The minimum atomic E-state index is -5.04. The number of allylic oxidation sites excluding steroid dienone is 18. The van der Waals surface area contributed by atoms with Crippen LogP contribution in [0.3, 0.4) is 0 Å². The van der Waals surface area contributed by atoms with E-state index in [0.717, 1.165) is 109 Å². The molecular formula is C57H95O12P. The van der Waals surface area contributed by atoms with E-state index in [9.17, 15) is 39.8 Å². The molecule has 0 saturated heterocycles. The molecule has 13 heteroatoms. The van der Waals surface area contributed by atoms with Crippen molar-refractivity contribution in [1.82, 2.24) is 0 Å². The van der Waals surface area contributed by atoms with Gasteiger partial charge in [0.25, 0.3) is 0 Å². The number of carbonyl (C=O) groups excluding carboxylic acids is 1. The highest BCUT2D eigenvalue weighted by Gasteiger charge is 2.51. The zero-order valence-electron chi connectivity index (χ0n) is 43.0. The second kappa shape index (κ2) is 45.8. The second-order valence-electron chi connectivity index (χ2n) is 18.0. The first-order valence-corrected chi connectivity index (χ1v) is 28.2. The lowest BCUT2D eigenvalue weighted by Gasteiger charge is -2.41. The molecule has 0 aromatic carbocycles. The van der Waals surface area contributed by atoms with Gasteiger partial charge in [-0.15, -0.1) is 0 Å².